The molecule has 0 spiro atoms. The van der Waals surface area contributed by atoms with Crippen LogP contribution in [0.15, 0.2) is 30.6 Å². The van der Waals surface area contributed by atoms with Gasteiger partial charge in [-0.2, -0.15) is 5.10 Å². The van der Waals surface area contributed by atoms with Crippen molar-refractivity contribution in [2.75, 3.05) is 32.5 Å². The fraction of sp³-hybridized carbons (Fsp3) is 0.318. The van der Waals surface area contributed by atoms with Crippen molar-refractivity contribution in [3.63, 3.8) is 0 Å². The summed E-state index contributed by atoms with van der Waals surface area (Å²) in [5.41, 5.74) is 15.7. The topological polar surface area (TPSA) is 124 Å². The van der Waals surface area contributed by atoms with Gasteiger partial charge in [0.2, 0.25) is 5.91 Å². The molecular weight excluding hydrogens is 533 g/mol. The number of anilines is 1. The van der Waals surface area contributed by atoms with Crippen molar-refractivity contribution in [1.29, 1.82) is 0 Å². The molecule has 5 N–H and O–H groups in total. The molecule has 0 bridgehead atoms. The van der Waals surface area contributed by atoms with Crippen molar-refractivity contribution >= 4 is 75.9 Å². The number of ether oxygens (including phenoxy) is 1. The number of carbonyl (C=O) groups is 1. The number of methoxy groups -OCH3 is 1. The Balaban J connectivity index is 0.00000144. The van der Waals surface area contributed by atoms with Gasteiger partial charge in [0, 0.05) is 36.6 Å². The maximum absolute atomic E-state index is 11.6. The van der Waals surface area contributed by atoms with E-state index in [1.54, 1.807) is 18.4 Å². The number of primary amides is 1. The maximum atomic E-state index is 11.6. The fourth-order valence-corrected chi connectivity index (χ4v) is 5.51. The van der Waals surface area contributed by atoms with Crippen LogP contribution in [0.3, 0.4) is 0 Å². The summed E-state index contributed by atoms with van der Waals surface area (Å²) in [6.45, 7) is 4.75. The highest BCUT2D eigenvalue weighted by atomic mass is 35.5. The summed E-state index contributed by atoms with van der Waals surface area (Å²) in [5, 5.41) is 8.77. The van der Waals surface area contributed by atoms with Crippen molar-refractivity contribution in [2.45, 2.75) is 19.5 Å². The van der Waals surface area contributed by atoms with Crippen LogP contribution in [0, 0.1) is 6.92 Å². The molecule has 4 heterocycles. The minimum Gasteiger partial charge on any atom is -0.495 e. The number of nitrogens with two attached hydrogens (primary N) is 2. The number of benzene rings is 1. The number of rotatable bonds is 5. The number of halogens is 3. The van der Waals surface area contributed by atoms with Gasteiger partial charge in [-0.05, 0) is 36.1 Å². The van der Waals surface area contributed by atoms with Crippen LogP contribution in [0.4, 0.5) is 5.82 Å². The molecule has 35 heavy (non-hydrogen) atoms. The summed E-state index contributed by atoms with van der Waals surface area (Å²) < 4.78 is 8.56. The second-order valence-corrected chi connectivity index (χ2v) is 9.15. The molecular formula is C22H28Cl3N7O2S. The van der Waals surface area contributed by atoms with Gasteiger partial charge in [-0.15, -0.1) is 48.6 Å². The summed E-state index contributed by atoms with van der Waals surface area (Å²) >= 11 is 1.66. The van der Waals surface area contributed by atoms with Gasteiger partial charge in [0.15, 0.2) is 5.82 Å². The average molecular weight is 561 g/mol. The zero-order chi connectivity index (χ0) is 22.4. The number of piperazine rings is 1. The van der Waals surface area contributed by atoms with Crippen molar-refractivity contribution < 1.29 is 9.53 Å². The second-order valence-electron chi connectivity index (χ2n) is 8.10. The summed E-state index contributed by atoms with van der Waals surface area (Å²) in [7, 11) is 1.69. The van der Waals surface area contributed by atoms with Gasteiger partial charge < -0.3 is 21.5 Å². The van der Waals surface area contributed by atoms with E-state index in [1.165, 1.54) is 6.33 Å². The van der Waals surface area contributed by atoms with Crippen LogP contribution in [0.1, 0.15) is 11.3 Å². The highest BCUT2D eigenvalue weighted by molar-refractivity contribution is 7.22. The van der Waals surface area contributed by atoms with Crippen LogP contribution in [-0.2, 0) is 11.3 Å². The van der Waals surface area contributed by atoms with Gasteiger partial charge >= 0.3 is 0 Å². The van der Waals surface area contributed by atoms with E-state index in [0.717, 1.165) is 49.6 Å². The Kier molecular flexibility index (Phi) is 9.57. The van der Waals surface area contributed by atoms with Crippen LogP contribution in [-0.4, -0.2) is 58.2 Å². The van der Waals surface area contributed by atoms with Gasteiger partial charge in [-0.25, -0.2) is 9.50 Å². The molecule has 3 aromatic heterocycles. The third-order valence-corrected chi connectivity index (χ3v) is 7.06. The number of amides is 1. The van der Waals surface area contributed by atoms with Gasteiger partial charge in [0.05, 0.1) is 23.5 Å². The lowest BCUT2D eigenvalue weighted by atomic mass is 10.1. The summed E-state index contributed by atoms with van der Waals surface area (Å²) in [5.74, 6) is 0.955. The molecule has 1 fully saturated rings. The van der Waals surface area contributed by atoms with Gasteiger partial charge in [-0.3, -0.25) is 9.69 Å². The predicted molar refractivity (Wildman–Crippen MR) is 148 cm³/mol. The van der Waals surface area contributed by atoms with Crippen LogP contribution in [0.5, 0.6) is 5.75 Å². The monoisotopic (exact) mass is 559 g/mol. The predicted octanol–water partition coefficient (Wildman–Crippen LogP) is 3.03. The molecule has 0 aliphatic carbocycles. The third-order valence-electron chi connectivity index (χ3n) is 5.86. The number of nitrogen functional groups attached to an aromatic ring is 1. The van der Waals surface area contributed by atoms with Crippen LogP contribution < -0.4 is 21.5 Å². The minimum absolute atomic E-state index is 0. The quantitative estimate of drug-likeness (QED) is 0.343. The van der Waals surface area contributed by atoms with E-state index in [-0.39, 0.29) is 49.2 Å². The van der Waals surface area contributed by atoms with E-state index in [9.17, 15) is 4.79 Å². The Morgan fingerprint density at radius 1 is 1.26 bits per heavy atom. The molecule has 1 aromatic carbocycles. The molecule has 1 atom stereocenters. The largest absolute Gasteiger partial charge is 0.495 e. The molecule has 13 heteroatoms. The highest BCUT2D eigenvalue weighted by Gasteiger charge is 2.25. The molecule has 1 saturated heterocycles. The Morgan fingerprint density at radius 3 is 2.74 bits per heavy atom. The van der Waals surface area contributed by atoms with E-state index < -0.39 is 0 Å². The standard InChI is InChI=1S/C22H25N7O2S.3ClH/c1-12-5-13-7-18(32-20(13)17(6-12)31-2)15-8-14(29-19(15)21(23)26-11-27-29)9-28-4-3-25-16(10-28)22(24)30;;;/h5-8,11,16,25H,3-4,9-10H2,1-2H3,(H2,24,30)(H2,23,26,27);3*1H. The number of nitrogens with zero attached hydrogens (tertiary/aromatic N) is 4. The first-order valence-electron chi connectivity index (χ1n) is 10.4. The molecule has 5 rings (SSSR count). The van der Waals surface area contributed by atoms with Crippen LogP contribution in [0.2, 0.25) is 0 Å². The SMILES string of the molecule is COc1cc(C)cc2cc(-c3cc(CN4CCNC(C(N)=O)C4)n4ncnc(N)c34)sc12.Cl.Cl.Cl. The van der Waals surface area contributed by atoms with Crippen LogP contribution >= 0.6 is 48.6 Å². The number of hydrogen-bond acceptors (Lipinski definition) is 8. The normalized spacial score (nSPS) is 15.8. The Bertz CT molecular complexity index is 1340. The van der Waals surface area contributed by atoms with E-state index in [2.05, 4.69) is 45.4 Å². The molecule has 1 amide bonds. The first-order chi connectivity index (χ1) is 15.4. The molecule has 190 valence electrons. The van der Waals surface area contributed by atoms with Crippen LogP contribution in [0.25, 0.3) is 26.0 Å². The number of nitrogens with one attached hydrogen (secondary N) is 1. The lowest BCUT2D eigenvalue weighted by Gasteiger charge is -2.31. The number of carbonyl (C=O) groups excluding carboxylic acids is 1. The molecule has 1 aliphatic heterocycles. The second kappa shape index (κ2) is 11.6. The van der Waals surface area contributed by atoms with Crippen molar-refractivity contribution in [1.82, 2.24) is 24.8 Å². The number of thiophene rings is 1. The van der Waals surface area contributed by atoms with Gasteiger partial charge in [0.1, 0.15) is 17.6 Å². The third kappa shape index (κ3) is 5.42. The van der Waals surface area contributed by atoms with Gasteiger partial charge in [0.25, 0.3) is 0 Å². The molecule has 9 nitrogen and oxygen atoms in total. The van der Waals surface area contributed by atoms with Crippen molar-refractivity contribution in [3.05, 3.63) is 41.9 Å². The first kappa shape index (κ1) is 28.9. The van der Waals surface area contributed by atoms with E-state index in [0.29, 0.717) is 25.5 Å². The zero-order valence-corrected chi connectivity index (χ0v) is 22.5. The zero-order valence-electron chi connectivity index (χ0n) is 19.2. The maximum Gasteiger partial charge on any atom is 0.235 e. The highest BCUT2D eigenvalue weighted by Crippen LogP contribution is 2.42. The minimum atomic E-state index is -0.354. The van der Waals surface area contributed by atoms with Crippen molar-refractivity contribution in [2.24, 2.45) is 5.73 Å². The lowest BCUT2D eigenvalue weighted by molar-refractivity contribution is -0.121. The number of aryl methyl sites for hydroxylation is 1. The smallest absolute Gasteiger partial charge is 0.235 e. The summed E-state index contributed by atoms with van der Waals surface area (Å²) in [6, 6.07) is 8.12. The Hall–Kier alpha value is -2.34. The number of hydrogen-bond donors (Lipinski definition) is 3. The van der Waals surface area contributed by atoms with E-state index in [4.69, 9.17) is 16.2 Å². The van der Waals surface area contributed by atoms with E-state index in [1.807, 2.05) is 10.6 Å². The molecule has 0 saturated carbocycles. The Morgan fingerprint density at radius 2 is 2.03 bits per heavy atom. The van der Waals surface area contributed by atoms with E-state index >= 15 is 0 Å². The van der Waals surface area contributed by atoms with Gasteiger partial charge in [-0.1, -0.05) is 6.07 Å². The fourth-order valence-electron chi connectivity index (χ4n) is 4.36. The first-order valence-corrected chi connectivity index (χ1v) is 11.2. The number of aromatic nitrogens is 3. The Labute approximate surface area is 225 Å². The molecule has 1 aliphatic rings. The van der Waals surface area contributed by atoms with Crippen molar-refractivity contribution in [3.8, 4) is 16.2 Å². The molecule has 0 radical (unpaired) electrons. The molecule has 1 unspecified atom stereocenters. The lowest BCUT2D eigenvalue weighted by Crippen LogP contribution is -2.55. The summed E-state index contributed by atoms with van der Waals surface area (Å²) in [6.07, 6.45) is 1.47. The number of fused-ring (bicyclic) bond motifs is 2. The summed E-state index contributed by atoms with van der Waals surface area (Å²) in [4.78, 5) is 19.1. The molecule has 4 aromatic rings. The average Bonchev–Trinajstić information content (AvgIpc) is 3.35.